The van der Waals surface area contributed by atoms with Gasteiger partial charge in [0.1, 0.15) is 23.8 Å². The van der Waals surface area contributed by atoms with Gasteiger partial charge in [0.25, 0.3) is 23.6 Å². The first-order valence-electron chi connectivity index (χ1n) is 47.4. The second-order valence-corrected chi connectivity index (χ2v) is 38.5. The van der Waals surface area contributed by atoms with E-state index in [1.165, 1.54) is 63.9 Å². The predicted octanol–water partition coefficient (Wildman–Crippen LogP) is 25.9. The molecule has 20 rings (SSSR count). The van der Waals surface area contributed by atoms with Crippen LogP contribution in [0.3, 0.4) is 0 Å². The molecule has 150 heavy (non-hydrogen) atoms. The first-order valence-corrected chi connectivity index (χ1v) is 47.4. The van der Waals surface area contributed by atoms with Crippen LogP contribution in [0.5, 0.6) is 0 Å². The molecule has 11 aromatic carbocycles. The first-order chi connectivity index (χ1) is 71.2. The van der Waals surface area contributed by atoms with Gasteiger partial charge < -0.3 is 26.2 Å². The van der Waals surface area contributed by atoms with E-state index in [0.29, 0.717) is 108 Å². The second-order valence-electron chi connectivity index (χ2n) is 38.5. The molecule has 4 aliphatic rings. The third kappa shape index (κ3) is 20.6. The van der Waals surface area contributed by atoms with E-state index in [1.54, 1.807) is 229 Å². The number of nitrogens with one attached hydrogen (secondary N) is 4. The number of fused-ring (bicyclic) bond motifs is 4. The lowest BCUT2D eigenvalue weighted by Crippen LogP contribution is -2.36. The van der Waals surface area contributed by atoms with Crippen LogP contribution < -0.4 is 40.9 Å². The maximum atomic E-state index is 13.9. The molecule has 16 aromatic rings. The van der Waals surface area contributed by atoms with Crippen molar-refractivity contribution < 1.29 is 77.9 Å². The van der Waals surface area contributed by atoms with Gasteiger partial charge in [0, 0.05) is 82.9 Å². The SMILES string of the molecule is Cc1ccc(NC(=O)c2cc(-c3cccc4c3C(C)(C)C(=O)N4Cc3ncccn3)ccc2C)cc1.Cc1ccc(NC(=O)c2cc(-c3cccc4c3C(C)(C)C(=O)N4c3ccccn3)ccc2C(F)(F)F)cc1.Cc1ccc(NC(=O)c2cc(-c3cccc4c3C(C)(C)C(=O)N4c3ccncn3)ccc2C(F)(F)F)cc1.Cc1ccc(NC(=O)c2cc(-c3cccc4c3C(C)(C)C(=O)N4c3ncccn3)cnc2C(F)(F)F)cc1. The van der Waals surface area contributed by atoms with E-state index in [2.05, 4.69) is 61.1 Å². The Balaban J connectivity index is 0.000000136. The molecule has 33 heteroatoms. The van der Waals surface area contributed by atoms with Crippen molar-refractivity contribution in [3.63, 3.8) is 0 Å². The fourth-order valence-corrected chi connectivity index (χ4v) is 18.9. The third-order valence-electron chi connectivity index (χ3n) is 26.5. The minimum Gasteiger partial charge on any atom is -0.322 e. The van der Waals surface area contributed by atoms with Gasteiger partial charge in [0.05, 0.1) is 73.1 Å². The van der Waals surface area contributed by atoms with E-state index >= 15 is 0 Å². The fourth-order valence-electron chi connectivity index (χ4n) is 18.9. The van der Waals surface area contributed by atoms with Crippen molar-refractivity contribution in [2.75, 3.05) is 40.9 Å². The Morgan fingerprint density at radius 1 is 0.307 bits per heavy atom. The van der Waals surface area contributed by atoms with Crippen LogP contribution in [0.2, 0.25) is 0 Å². The number of benzene rings is 11. The molecular formula is C117H97F9N16O8. The molecule has 0 fully saturated rings. The number of alkyl halides is 9. The van der Waals surface area contributed by atoms with E-state index in [0.717, 1.165) is 80.3 Å². The summed E-state index contributed by atoms with van der Waals surface area (Å²) in [7, 11) is 0. The molecule has 9 heterocycles. The number of hydrogen-bond acceptors (Lipinski definition) is 16. The van der Waals surface area contributed by atoms with Crippen LogP contribution in [0.15, 0.2) is 317 Å². The van der Waals surface area contributed by atoms with Crippen molar-refractivity contribution in [3.8, 4) is 44.5 Å². The number of pyridine rings is 2. The number of nitrogens with zero attached hydrogens (tertiary/aromatic N) is 12. The predicted molar refractivity (Wildman–Crippen MR) is 557 cm³/mol. The average Bonchev–Trinajstić information content (AvgIpc) is 1.58. The highest BCUT2D eigenvalue weighted by atomic mass is 19.4. The number of amides is 8. The van der Waals surface area contributed by atoms with Crippen LogP contribution in [0.1, 0.15) is 170 Å². The first kappa shape index (κ1) is 104. The lowest BCUT2D eigenvalue weighted by atomic mass is 9.81. The minimum absolute atomic E-state index is 0.00172. The van der Waals surface area contributed by atoms with Crippen molar-refractivity contribution in [2.45, 2.75) is 137 Å². The Morgan fingerprint density at radius 3 is 1.05 bits per heavy atom. The van der Waals surface area contributed by atoms with E-state index in [-0.39, 0.29) is 41.0 Å². The lowest BCUT2D eigenvalue weighted by molar-refractivity contribution is -0.141. The molecule has 4 N–H and O–H groups in total. The molecule has 0 unspecified atom stereocenters. The number of hydrogen-bond donors (Lipinski definition) is 4. The molecule has 756 valence electrons. The Hall–Kier alpha value is -17.9. The second kappa shape index (κ2) is 40.8. The van der Waals surface area contributed by atoms with Crippen LogP contribution in [-0.4, -0.2) is 87.1 Å². The number of carbonyl (C=O) groups is 8. The highest BCUT2D eigenvalue weighted by Gasteiger charge is 2.52. The summed E-state index contributed by atoms with van der Waals surface area (Å²) < 4.78 is 125. The quantitative estimate of drug-likeness (QED) is 0.0616. The summed E-state index contributed by atoms with van der Waals surface area (Å²) in [6.07, 6.45) is -2.40. The topological polar surface area (TPSA) is 301 Å². The van der Waals surface area contributed by atoms with Crippen LogP contribution in [0.25, 0.3) is 44.5 Å². The van der Waals surface area contributed by atoms with Gasteiger partial charge in [0.2, 0.25) is 29.6 Å². The third-order valence-corrected chi connectivity index (χ3v) is 26.5. The summed E-state index contributed by atoms with van der Waals surface area (Å²) in [6, 6.07) is 73.8. The van der Waals surface area contributed by atoms with E-state index in [9.17, 15) is 77.9 Å². The van der Waals surface area contributed by atoms with Crippen LogP contribution in [0.4, 0.5) is 103 Å². The summed E-state index contributed by atoms with van der Waals surface area (Å²) in [5.41, 5.74) is 8.31. The Labute approximate surface area is 857 Å². The highest BCUT2D eigenvalue weighted by molar-refractivity contribution is 6.18. The molecule has 0 radical (unpaired) electrons. The number of aryl methyl sites for hydroxylation is 5. The van der Waals surface area contributed by atoms with Gasteiger partial charge in [-0.3, -0.25) is 53.1 Å². The van der Waals surface area contributed by atoms with Gasteiger partial charge in [0.15, 0.2) is 5.69 Å². The highest BCUT2D eigenvalue weighted by Crippen LogP contribution is 2.55. The average molecular weight is 2030 g/mol. The maximum absolute atomic E-state index is 13.9. The van der Waals surface area contributed by atoms with E-state index in [1.807, 2.05) is 109 Å². The van der Waals surface area contributed by atoms with Crippen LogP contribution in [0, 0.1) is 34.6 Å². The molecule has 8 amide bonds. The zero-order valence-electron chi connectivity index (χ0n) is 83.3. The molecule has 5 aromatic heterocycles. The lowest BCUT2D eigenvalue weighted by Gasteiger charge is -2.21. The smallest absolute Gasteiger partial charge is 0.322 e. The summed E-state index contributed by atoms with van der Waals surface area (Å²) >= 11 is 0. The van der Waals surface area contributed by atoms with Crippen molar-refractivity contribution in [1.82, 2.24) is 39.9 Å². The number of rotatable bonds is 17. The summed E-state index contributed by atoms with van der Waals surface area (Å²) in [6.45, 7) is 24.2. The van der Waals surface area contributed by atoms with Gasteiger partial charge in [-0.1, -0.05) is 150 Å². The zero-order chi connectivity index (χ0) is 107. The largest absolute Gasteiger partial charge is 0.434 e. The van der Waals surface area contributed by atoms with Crippen molar-refractivity contribution >= 4 is 110 Å². The molecule has 24 nitrogen and oxygen atoms in total. The van der Waals surface area contributed by atoms with Gasteiger partial charge in [-0.05, 0) is 296 Å². The molecular weight excluding hydrogens is 1930 g/mol. The number of aromatic nitrogens is 8. The van der Waals surface area contributed by atoms with Crippen molar-refractivity contribution in [1.29, 1.82) is 0 Å². The van der Waals surface area contributed by atoms with E-state index < -0.39 is 91.4 Å². The Bertz CT molecular complexity index is 7420. The van der Waals surface area contributed by atoms with Gasteiger partial charge in [-0.15, -0.1) is 0 Å². The monoisotopic (exact) mass is 2020 g/mol. The fraction of sp³-hybridized carbons (Fsp3) is 0.179. The normalized spacial score (nSPS) is 14.3. The van der Waals surface area contributed by atoms with Gasteiger partial charge in [-0.2, -0.15) is 39.5 Å². The molecule has 0 saturated heterocycles. The van der Waals surface area contributed by atoms with Gasteiger partial charge >= 0.3 is 18.5 Å². The molecule has 0 spiro atoms. The van der Waals surface area contributed by atoms with Crippen molar-refractivity contribution in [3.05, 3.63) is 412 Å². The molecule has 0 saturated carbocycles. The zero-order valence-corrected chi connectivity index (χ0v) is 83.3. The summed E-state index contributed by atoms with van der Waals surface area (Å²) in [5.74, 6) is -1.98. The maximum Gasteiger partial charge on any atom is 0.434 e. The van der Waals surface area contributed by atoms with Crippen LogP contribution in [-0.2, 0) is 65.9 Å². The Kier molecular flexibility index (Phi) is 28.2. The number of carbonyl (C=O) groups excluding carboxylic acids is 8. The van der Waals surface area contributed by atoms with E-state index in [4.69, 9.17) is 0 Å². The summed E-state index contributed by atoms with van der Waals surface area (Å²) in [4.78, 5) is 146. The standard InChI is InChI=1S/C30H24F3N3O2.C30H28N4O2.C29H23F3N4O2.C28H22F3N5O2/c1-18-10-13-20(14-11-18)35-27(37)22-17-19(12-15-23(22)30(31,32)33)21-7-6-8-24-26(21)29(2,3)28(38)36(24)25-9-4-5-16-34-25;1-19-9-13-22(14-10-19)33-28(35)24-17-21(12-11-20(24)2)23-7-5-8-25-27(23)30(3,4)29(36)34(25)18-26-31-15-6-16-32-26;1-17-7-10-19(11-8-17)35-26(37)21-15-18(9-12-22(21)29(30,31)32)20-5-4-6-23-25(20)28(2,3)27(38)36(23)24-13-14-33-16-34-24;1-16-8-10-18(11-9-16)35-24(37)20-14-17(15-34-23(20)28(29,30)31)19-6-4-7-21-22(19)27(2,3)25(38)36(21)26-32-12-5-13-33-26/h4-17H,1-3H3,(H,35,37);5-17H,18H2,1-4H3,(H,33,35);4-16H,1-3H3,(H,35,37);4-15H,1-3H3,(H,35,37). The number of anilines is 11. The van der Waals surface area contributed by atoms with Gasteiger partial charge in [-0.25, -0.2) is 39.8 Å². The van der Waals surface area contributed by atoms with Crippen molar-refractivity contribution in [2.24, 2.45) is 0 Å². The van der Waals surface area contributed by atoms with Crippen LogP contribution >= 0.6 is 0 Å². The Morgan fingerprint density at radius 2 is 0.653 bits per heavy atom. The molecule has 0 bridgehead atoms. The number of halogens is 9. The molecule has 0 aliphatic carbocycles. The molecule has 0 atom stereocenters. The molecule has 4 aliphatic heterocycles. The summed E-state index contributed by atoms with van der Waals surface area (Å²) in [5, 5.41) is 10.7. The minimum atomic E-state index is -4.85.